The second-order valence-corrected chi connectivity index (χ2v) is 11.1. The Hall–Kier alpha value is -2.38. The molecule has 0 aliphatic heterocycles. The Balaban J connectivity index is 0.000000192. The summed E-state index contributed by atoms with van der Waals surface area (Å²) < 4.78 is 1.37. The smallest absolute Gasteiger partial charge is 0.0342 e. The van der Waals surface area contributed by atoms with Crippen LogP contribution in [-0.2, 0) is 25.7 Å². The minimum atomic E-state index is 0.827. The van der Waals surface area contributed by atoms with Gasteiger partial charge in [0, 0.05) is 4.70 Å². The van der Waals surface area contributed by atoms with E-state index >= 15 is 0 Å². The minimum absolute atomic E-state index is 0.827. The zero-order valence-corrected chi connectivity index (χ0v) is 20.4. The van der Waals surface area contributed by atoms with Crippen molar-refractivity contribution in [2.24, 2.45) is 0 Å². The largest absolute Gasteiger partial charge is 0.144 e. The van der Waals surface area contributed by atoms with Crippen molar-refractivity contribution in [3.63, 3.8) is 0 Å². The van der Waals surface area contributed by atoms with Gasteiger partial charge < -0.3 is 0 Å². The molecule has 3 aromatic carbocycles. The normalized spacial score (nSPS) is 17.5. The highest BCUT2D eigenvalue weighted by atomic mass is 32.1. The summed E-state index contributed by atoms with van der Waals surface area (Å²) in [7, 11) is 0. The summed E-state index contributed by atoms with van der Waals surface area (Å²) in [6.45, 7) is 0. The predicted octanol–water partition coefficient (Wildman–Crippen LogP) is 9.28. The Morgan fingerprint density at radius 3 is 2.30 bits per heavy atom. The summed E-state index contributed by atoms with van der Waals surface area (Å²) in [5.41, 5.74) is 11.6. The van der Waals surface area contributed by atoms with Crippen LogP contribution < -0.4 is 0 Å². The van der Waals surface area contributed by atoms with Crippen molar-refractivity contribution in [1.29, 1.82) is 0 Å². The summed E-state index contributed by atoms with van der Waals surface area (Å²) in [4.78, 5) is 0. The van der Waals surface area contributed by atoms with E-state index in [9.17, 15) is 0 Å². The summed E-state index contributed by atoms with van der Waals surface area (Å²) in [6, 6.07) is 22.6. The average molecular weight is 451 g/mol. The van der Waals surface area contributed by atoms with Gasteiger partial charge in [0.15, 0.2) is 0 Å². The van der Waals surface area contributed by atoms with Gasteiger partial charge in [0.25, 0.3) is 0 Å². The number of benzene rings is 3. The molecule has 0 atom stereocenters. The standard InChI is InChI=1S/C24H28.C8H6S/c1-2-7-17(8-3-1)20-11-6-12-21-22(20)15-16-23-19-10-5-4-9-18(19)13-14-24(21)23;1-2-4-8-7(3-1)5-6-9-8/h6,11-14,17H,1-5,7-10,15-16H2;1-6H. The summed E-state index contributed by atoms with van der Waals surface area (Å²) in [5.74, 6) is 0.827. The van der Waals surface area contributed by atoms with Gasteiger partial charge in [-0.3, -0.25) is 0 Å². The molecule has 33 heavy (non-hydrogen) atoms. The first-order valence-corrected chi connectivity index (χ1v) is 13.9. The minimum Gasteiger partial charge on any atom is -0.144 e. The monoisotopic (exact) mass is 450 g/mol. The third kappa shape index (κ3) is 4.17. The van der Waals surface area contributed by atoms with Crippen LogP contribution >= 0.6 is 11.3 Å². The Kier molecular flexibility index (Phi) is 6.08. The number of rotatable bonds is 1. The van der Waals surface area contributed by atoms with E-state index in [1.807, 2.05) is 0 Å². The van der Waals surface area contributed by atoms with E-state index < -0.39 is 0 Å². The van der Waals surface area contributed by atoms with Gasteiger partial charge in [-0.05, 0) is 119 Å². The zero-order valence-electron chi connectivity index (χ0n) is 19.6. The second-order valence-electron chi connectivity index (χ2n) is 10.1. The van der Waals surface area contributed by atoms with Gasteiger partial charge in [-0.2, -0.15) is 0 Å². The van der Waals surface area contributed by atoms with Crippen LogP contribution in [0.2, 0.25) is 0 Å². The Labute approximate surface area is 202 Å². The third-order valence-corrected chi connectivity index (χ3v) is 9.08. The van der Waals surface area contributed by atoms with Crippen LogP contribution in [-0.4, -0.2) is 0 Å². The van der Waals surface area contributed by atoms with Crippen molar-refractivity contribution in [2.45, 2.75) is 76.5 Å². The van der Waals surface area contributed by atoms with Gasteiger partial charge in [-0.25, -0.2) is 0 Å². The van der Waals surface area contributed by atoms with Crippen LogP contribution in [0.25, 0.3) is 21.2 Å². The molecule has 0 nitrogen and oxygen atoms in total. The van der Waals surface area contributed by atoms with E-state index in [1.165, 1.54) is 80.7 Å². The van der Waals surface area contributed by atoms with Crippen molar-refractivity contribution in [3.8, 4) is 11.1 Å². The van der Waals surface area contributed by atoms with Gasteiger partial charge >= 0.3 is 0 Å². The van der Waals surface area contributed by atoms with E-state index in [4.69, 9.17) is 0 Å². The van der Waals surface area contributed by atoms with E-state index in [1.54, 1.807) is 50.3 Å². The lowest BCUT2D eigenvalue weighted by Gasteiger charge is -2.31. The highest BCUT2D eigenvalue weighted by Crippen LogP contribution is 2.43. The fourth-order valence-corrected chi connectivity index (χ4v) is 7.32. The highest BCUT2D eigenvalue weighted by molar-refractivity contribution is 7.17. The summed E-state index contributed by atoms with van der Waals surface area (Å²) in [6.07, 6.45) is 15.1. The first kappa shape index (κ1) is 21.2. The maximum absolute atomic E-state index is 2.45. The molecule has 0 saturated heterocycles. The number of aryl methyl sites for hydroxylation is 1. The Morgan fingerprint density at radius 1 is 0.576 bits per heavy atom. The molecule has 4 aromatic rings. The molecule has 1 saturated carbocycles. The molecule has 0 bridgehead atoms. The van der Waals surface area contributed by atoms with Gasteiger partial charge in [-0.1, -0.05) is 67.8 Å². The Morgan fingerprint density at radius 2 is 1.39 bits per heavy atom. The van der Waals surface area contributed by atoms with Gasteiger partial charge in [0.2, 0.25) is 0 Å². The van der Waals surface area contributed by atoms with Crippen LogP contribution in [0.3, 0.4) is 0 Å². The maximum atomic E-state index is 2.45. The topological polar surface area (TPSA) is 0 Å². The number of thiophene rings is 1. The molecular weight excluding hydrogens is 416 g/mol. The molecule has 0 unspecified atom stereocenters. The van der Waals surface area contributed by atoms with Gasteiger partial charge in [-0.15, -0.1) is 11.3 Å². The first-order chi connectivity index (χ1) is 16.4. The van der Waals surface area contributed by atoms with E-state index in [2.05, 4.69) is 66.0 Å². The molecule has 1 heterocycles. The molecule has 3 aliphatic carbocycles. The van der Waals surface area contributed by atoms with Crippen LogP contribution in [0.1, 0.15) is 78.7 Å². The highest BCUT2D eigenvalue weighted by Gasteiger charge is 2.26. The molecule has 1 heteroatoms. The van der Waals surface area contributed by atoms with Crippen LogP contribution in [0, 0.1) is 0 Å². The fourth-order valence-electron chi connectivity index (χ4n) is 6.53. The SMILES string of the molecule is c1cc2c(c(C3CCCCC3)c1)CCc1c-2ccc2c1CCCC2.c1ccc2sccc2c1. The van der Waals surface area contributed by atoms with Crippen LogP contribution in [0.5, 0.6) is 0 Å². The second kappa shape index (κ2) is 9.47. The lowest BCUT2D eigenvalue weighted by Crippen LogP contribution is -2.15. The number of hydrogen-bond donors (Lipinski definition) is 0. The van der Waals surface area contributed by atoms with Crippen LogP contribution in [0.15, 0.2) is 66.0 Å². The molecule has 1 fully saturated rings. The predicted molar refractivity (Wildman–Crippen MR) is 144 cm³/mol. The average Bonchev–Trinajstić information content (AvgIpc) is 3.38. The number of hydrogen-bond acceptors (Lipinski definition) is 1. The van der Waals surface area contributed by atoms with Gasteiger partial charge in [0.1, 0.15) is 0 Å². The fraction of sp³-hybridized carbons (Fsp3) is 0.375. The summed E-state index contributed by atoms with van der Waals surface area (Å²) >= 11 is 1.79. The third-order valence-electron chi connectivity index (χ3n) is 8.19. The molecule has 1 aromatic heterocycles. The van der Waals surface area contributed by atoms with Crippen molar-refractivity contribution >= 4 is 21.4 Å². The Bertz CT molecular complexity index is 1220. The van der Waals surface area contributed by atoms with Crippen molar-refractivity contribution in [1.82, 2.24) is 0 Å². The van der Waals surface area contributed by atoms with Crippen molar-refractivity contribution in [3.05, 3.63) is 93.9 Å². The molecule has 7 rings (SSSR count). The lowest BCUT2D eigenvalue weighted by molar-refractivity contribution is 0.441. The van der Waals surface area contributed by atoms with Crippen LogP contribution in [0.4, 0.5) is 0 Å². The lowest BCUT2D eigenvalue weighted by atomic mass is 9.74. The van der Waals surface area contributed by atoms with Crippen molar-refractivity contribution < 1.29 is 0 Å². The molecule has 168 valence electrons. The zero-order chi connectivity index (χ0) is 22.0. The molecule has 3 aliphatic rings. The van der Waals surface area contributed by atoms with Gasteiger partial charge in [0.05, 0.1) is 0 Å². The molecule has 0 radical (unpaired) electrons. The first-order valence-electron chi connectivity index (χ1n) is 13.1. The maximum Gasteiger partial charge on any atom is 0.0342 e. The van der Waals surface area contributed by atoms with Crippen molar-refractivity contribution in [2.75, 3.05) is 0 Å². The quantitative estimate of drug-likeness (QED) is 0.271. The molecule has 0 amide bonds. The van der Waals surface area contributed by atoms with E-state index in [0.29, 0.717) is 0 Å². The molecule has 0 N–H and O–H groups in total. The van der Waals surface area contributed by atoms with E-state index in [-0.39, 0.29) is 0 Å². The molecular formula is C32H34S. The number of fused-ring (bicyclic) bond motifs is 6. The molecule has 0 spiro atoms. The summed E-state index contributed by atoms with van der Waals surface area (Å²) in [5, 5.41) is 3.47. The van der Waals surface area contributed by atoms with E-state index in [0.717, 1.165) is 5.92 Å².